The van der Waals surface area contributed by atoms with Crippen LogP contribution in [0.25, 0.3) is 27.8 Å². The molecule has 0 bridgehead atoms. The van der Waals surface area contributed by atoms with Gasteiger partial charge in [-0.25, -0.2) is 23.2 Å². The molecule has 0 aliphatic rings. The summed E-state index contributed by atoms with van der Waals surface area (Å²) in [5.74, 6) is -0.450. The molecule has 5 rings (SSSR count). The summed E-state index contributed by atoms with van der Waals surface area (Å²) in [6.45, 7) is 9.32. The molecule has 0 radical (unpaired) electrons. The lowest BCUT2D eigenvalue weighted by molar-refractivity contribution is 0.262. The van der Waals surface area contributed by atoms with E-state index in [1.165, 1.54) is 28.9 Å². The molecular formula is C31H32F2N8O2. The van der Waals surface area contributed by atoms with Gasteiger partial charge in [0.25, 0.3) is 5.56 Å². The van der Waals surface area contributed by atoms with E-state index >= 15 is 4.39 Å². The molecule has 0 saturated carbocycles. The van der Waals surface area contributed by atoms with Crippen LogP contribution in [0.4, 0.5) is 31.0 Å². The topological polar surface area (TPSA) is 119 Å². The number of anilines is 3. The number of halogens is 2. The van der Waals surface area contributed by atoms with Crippen LogP contribution >= 0.6 is 0 Å². The lowest BCUT2D eigenvalue weighted by Crippen LogP contribution is -2.25. The number of fused-ring (bicyclic) bond motifs is 1. The van der Waals surface area contributed by atoms with Crippen LogP contribution in [-0.4, -0.2) is 37.4 Å². The molecule has 0 spiro atoms. The lowest BCUT2D eigenvalue weighted by atomic mass is 9.99. The minimum Gasteiger partial charge on any atom is -0.357 e. The number of benzene rings is 2. The number of aromatic nitrogens is 5. The normalized spacial score (nSPS) is 11.4. The Bertz CT molecular complexity index is 1910. The van der Waals surface area contributed by atoms with E-state index in [1.807, 2.05) is 27.7 Å². The van der Waals surface area contributed by atoms with E-state index in [2.05, 4.69) is 31.0 Å². The van der Waals surface area contributed by atoms with Crippen LogP contribution in [0.3, 0.4) is 0 Å². The van der Waals surface area contributed by atoms with Crippen LogP contribution in [0, 0.1) is 18.6 Å². The van der Waals surface area contributed by atoms with Crippen molar-refractivity contribution in [3.63, 3.8) is 0 Å². The molecule has 5 aromatic rings. The van der Waals surface area contributed by atoms with E-state index in [4.69, 9.17) is 0 Å². The molecule has 3 N–H and O–H groups in total. The summed E-state index contributed by atoms with van der Waals surface area (Å²) >= 11 is 0. The first-order valence-electron chi connectivity index (χ1n) is 13.8. The molecule has 0 atom stereocenters. The Morgan fingerprint density at radius 2 is 1.74 bits per heavy atom. The van der Waals surface area contributed by atoms with Crippen molar-refractivity contribution in [2.24, 2.45) is 0 Å². The van der Waals surface area contributed by atoms with Crippen LogP contribution in [-0.2, 0) is 0 Å². The number of rotatable bonds is 7. The molecule has 43 heavy (non-hydrogen) atoms. The molecule has 3 heterocycles. The van der Waals surface area contributed by atoms with E-state index in [0.717, 1.165) is 0 Å². The number of aryl methyl sites for hydroxylation is 1. The Morgan fingerprint density at radius 1 is 0.977 bits per heavy atom. The summed E-state index contributed by atoms with van der Waals surface area (Å²) in [5.41, 5.74) is 2.38. The first-order chi connectivity index (χ1) is 20.5. The molecule has 0 aliphatic carbocycles. The van der Waals surface area contributed by atoms with Gasteiger partial charge in [0, 0.05) is 36.3 Å². The number of nitrogens with zero attached hydrogens (tertiary/aromatic N) is 5. The number of amides is 2. The monoisotopic (exact) mass is 586 g/mol. The first-order valence-corrected chi connectivity index (χ1v) is 13.8. The molecule has 0 aliphatic heterocycles. The third kappa shape index (κ3) is 5.81. The average molecular weight is 587 g/mol. The molecule has 0 fully saturated rings. The standard InChI is InChI=1S/C31H32F2N8O2/c1-16(2)25-14-27(41(39-25)21-9-7-8-20(32)12-21)37-31(43)36-26-13-22(18(5)10-24(26)33)23-11-19-15-35-30(34-6)38-28(19)40(17(3)4)29(23)42/h7-17H,1-6H3,(H,34,35,38)(H2,36,37,43). The van der Waals surface area contributed by atoms with Crippen LogP contribution in [0.2, 0.25) is 0 Å². The molecule has 0 saturated heterocycles. The van der Waals surface area contributed by atoms with Gasteiger partial charge in [0.1, 0.15) is 23.1 Å². The van der Waals surface area contributed by atoms with E-state index in [9.17, 15) is 14.0 Å². The largest absolute Gasteiger partial charge is 0.357 e. The van der Waals surface area contributed by atoms with Gasteiger partial charge in [-0.2, -0.15) is 10.1 Å². The number of nitrogens with one attached hydrogen (secondary N) is 3. The maximum absolute atomic E-state index is 15.2. The van der Waals surface area contributed by atoms with Crippen molar-refractivity contribution in [3.8, 4) is 16.8 Å². The Labute approximate surface area is 246 Å². The highest BCUT2D eigenvalue weighted by atomic mass is 19.1. The van der Waals surface area contributed by atoms with Crippen LogP contribution < -0.4 is 21.5 Å². The van der Waals surface area contributed by atoms with Gasteiger partial charge >= 0.3 is 6.03 Å². The summed E-state index contributed by atoms with van der Waals surface area (Å²) in [4.78, 5) is 35.6. The highest BCUT2D eigenvalue weighted by Gasteiger charge is 2.20. The fraction of sp³-hybridized carbons (Fsp3) is 0.258. The third-order valence-corrected chi connectivity index (χ3v) is 6.98. The SMILES string of the molecule is CNc1ncc2cc(-c3cc(NC(=O)Nc4cc(C(C)C)nn4-c4cccc(F)c4)c(F)cc3C)c(=O)n(C(C)C)c2n1. The lowest BCUT2D eigenvalue weighted by Gasteiger charge is -2.17. The minimum atomic E-state index is -0.743. The summed E-state index contributed by atoms with van der Waals surface area (Å²) in [6.07, 6.45) is 1.62. The number of carbonyl (C=O) groups excluding carboxylic acids is 1. The van der Waals surface area contributed by atoms with Gasteiger partial charge in [0.15, 0.2) is 0 Å². The Balaban J connectivity index is 1.52. The first kappa shape index (κ1) is 29.4. The van der Waals surface area contributed by atoms with E-state index in [0.29, 0.717) is 45.1 Å². The number of hydrogen-bond donors (Lipinski definition) is 3. The quantitative estimate of drug-likeness (QED) is 0.197. The van der Waals surface area contributed by atoms with Crippen molar-refractivity contribution in [1.29, 1.82) is 0 Å². The Morgan fingerprint density at radius 3 is 2.42 bits per heavy atom. The van der Waals surface area contributed by atoms with Gasteiger partial charge in [-0.3, -0.25) is 14.7 Å². The van der Waals surface area contributed by atoms with Gasteiger partial charge < -0.3 is 10.6 Å². The molecular weight excluding hydrogens is 554 g/mol. The Kier molecular flexibility index (Phi) is 7.94. The van der Waals surface area contributed by atoms with Crippen molar-refractivity contribution in [2.75, 3.05) is 23.0 Å². The van der Waals surface area contributed by atoms with Crippen molar-refractivity contribution in [2.45, 2.75) is 46.6 Å². The van der Waals surface area contributed by atoms with Gasteiger partial charge in [-0.15, -0.1) is 0 Å². The predicted octanol–water partition coefficient (Wildman–Crippen LogP) is 6.62. The van der Waals surface area contributed by atoms with Crippen molar-refractivity contribution in [3.05, 3.63) is 88.0 Å². The Hall–Kier alpha value is -5.13. The second-order valence-electron chi connectivity index (χ2n) is 10.8. The maximum Gasteiger partial charge on any atom is 0.324 e. The fourth-order valence-corrected chi connectivity index (χ4v) is 4.82. The van der Waals surface area contributed by atoms with Crippen LogP contribution in [0.15, 0.2) is 59.5 Å². The predicted molar refractivity (Wildman–Crippen MR) is 164 cm³/mol. The fourth-order valence-electron chi connectivity index (χ4n) is 4.82. The summed E-state index contributed by atoms with van der Waals surface area (Å²) in [7, 11) is 1.69. The smallest absolute Gasteiger partial charge is 0.324 e. The molecule has 2 aromatic carbocycles. The third-order valence-electron chi connectivity index (χ3n) is 6.98. The second kappa shape index (κ2) is 11.6. The maximum atomic E-state index is 15.2. The van der Waals surface area contributed by atoms with Gasteiger partial charge in [0.2, 0.25) is 5.95 Å². The zero-order chi connectivity index (χ0) is 31.0. The second-order valence-corrected chi connectivity index (χ2v) is 10.8. The molecule has 0 unspecified atom stereocenters. The highest BCUT2D eigenvalue weighted by Crippen LogP contribution is 2.30. The highest BCUT2D eigenvalue weighted by molar-refractivity contribution is 6.00. The van der Waals surface area contributed by atoms with Gasteiger partial charge in [-0.1, -0.05) is 19.9 Å². The molecule has 12 heteroatoms. The summed E-state index contributed by atoms with van der Waals surface area (Å²) in [6, 6.07) is 10.9. The average Bonchev–Trinajstić information content (AvgIpc) is 3.38. The molecule has 10 nitrogen and oxygen atoms in total. The van der Waals surface area contributed by atoms with Crippen LogP contribution in [0.1, 0.15) is 50.9 Å². The summed E-state index contributed by atoms with van der Waals surface area (Å²) < 4.78 is 32.1. The molecule has 2 amide bonds. The zero-order valence-electron chi connectivity index (χ0n) is 24.7. The van der Waals surface area contributed by atoms with E-state index in [1.54, 1.807) is 49.0 Å². The summed E-state index contributed by atoms with van der Waals surface area (Å²) in [5, 5.41) is 13.3. The number of carbonyl (C=O) groups is 1. The number of hydrogen-bond acceptors (Lipinski definition) is 6. The number of pyridine rings is 1. The zero-order valence-corrected chi connectivity index (χ0v) is 24.7. The molecule has 222 valence electrons. The van der Waals surface area contributed by atoms with Crippen molar-refractivity contribution < 1.29 is 13.6 Å². The molecule has 3 aromatic heterocycles. The van der Waals surface area contributed by atoms with Crippen molar-refractivity contribution in [1.82, 2.24) is 24.3 Å². The van der Waals surface area contributed by atoms with Crippen LogP contribution in [0.5, 0.6) is 0 Å². The van der Waals surface area contributed by atoms with Gasteiger partial charge in [0.05, 0.1) is 17.1 Å². The van der Waals surface area contributed by atoms with Gasteiger partial charge in [-0.05, 0) is 74.2 Å². The number of urea groups is 1. The van der Waals surface area contributed by atoms with E-state index < -0.39 is 17.7 Å². The van der Waals surface area contributed by atoms with E-state index in [-0.39, 0.29) is 29.0 Å². The van der Waals surface area contributed by atoms with Crippen molar-refractivity contribution >= 4 is 34.5 Å². The minimum absolute atomic E-state index is 0.0302.